The maximum atomic E-state index is 11.8. The summed E-state index contributed by atoms with van der Waals surface area (Å²) in [5.74, 6) is 0.970. The van der Waals surface area contributed by atoms with Crippen molar-refractivity contribution in [3.05, 3.63) is 0 Å². The number of rotatable bonds is 4. The highest BCUT2D eigenvalue weighted by Gasteiger charge is 2.41. The van der Waals surface area contributed by atoms with Crippen LogP contribution in [0.1, 0.15) is 34.1 Å². The Morgan fingerprint density at radius 2 is 2.07 bits per heavy atom. The summed E-state index contributed by atoms with van der Waals surface area (Å²) in [6.07, 6.45) is 1.02. The van der Waals surface area contributed by atoms with Gasteiger partial charge in [-0.3, -0.25) is 4.79 Å². The molecule has 0 spiro atoms. The van der Waals surface area contributed by atoms with Crippen LogP contribution in [0.2, 0.25) is 0 Å². The Bertz CT molecular complexity index is 220. The molecule has 1 fully saturated rings. The van der Waals surface area contributed by atoms with Gasteiger partial charge in [-0.15, -0.1) is 0 Å². The third-order valence-electron chi connectivity index (χ3n) is 2.70. The van der Waals surface area contributed by atoms with E-state index in [2.05, 4.69) is 6.92 Å². The predicted octanol–water partition coefficient (Wildman–Crippen LogP) is 1.26. The summed E-state index contributed by atoms with van der Waals surface area (Å²) in [4.78, 5) is 13.6. The maximum Gasteiger partial charge on any atom is 0.226 e. The molecule has 1 aliphatic carbocycles. The van der Waals surface area contributed by atoms with E-state index in [4.69, 9.17) is 0 Å². The van der Waals surface area contributed by atoms with Crippen LogP contribution in [0.5, 0.6) is 0 Å². The molecule has 1 aliphatic rings. The Labute approximate surface area is 86.1 Å². The largest absolute Gasteiger partial charge is 0.389 e. The maximum absolute atomic E-state index is 11.8. The summed E-state index contributed by atoms with van der Waals surface area (Å²) in [5.41, 5.74) is -0.788. The van der Waals surface area contributed by atoms with E-state index >= 15 is 0 Å². The van der Waals surface area contributed by atoms with Gasteiger partial charge in [0, 0.05) is 19.0 Å². The van der Waals surface area contributed by atoms with Crippen molar-refractivity contribution in [2.75, 3.05) is 13.1 Å². The van der Waals surface area contributed by atoms with E-state index in [0.29, 0.717) is 19.0 Å². The Kier molecular flexibility index (Phi) is 3.20. The highest BCUT2D eigenvalue weighted by Crippen LogP contribution is 2.39. The van der Waals surface area contributed by atoms with Crippen molar-refractivity contribution in [1.29, 1.82) is 0 Å². The minimum Gasteiger partial charge on any atom is -0.389 e. The topological polar surface area (TPSA) is 40.5 Å². The highest BCUT2D eigenvalue weighted by atomic mass is 16.3. The van der Waals surface area contributed by atoms with E-state index in [1.54, 1.807) is 18.7 Å². The van der Waals surface area contributed by atoms with E-state index in [-0.39, 0.29) is 11.8 Å². The zero-order chi connectivity index (χ0) is 10.9. The van der Waals surface area contributed by atoms with E-state index in [1.807, 2.05) is 6.92 Å². The fourth-order valence-electron chi connectivity index (χ4n) is 1.71. The van der Waals surface area contributed by atoms with Crippen LogP contribution < -0.4 is 0 Å². The minimum absolute atomic E-state index is 0.210. The smallest absolute Gasteiger partial charge is 0.226 e. The van der Waals surface area contributed by atoms with Crippen LogP contribution in [0.3, 0.4) is 0 Å². The first kappa shape index (κ1) is 11.5. The second-order valence-corrected chi connectivity index (χ2v) is 4.98. The van der Waals surface area contributed by atoms with Crippen LogP contribution in [-0.4, -0.2) is 34.6 Å². The van der Waals surface area contributed by atoms with E-state index in [0.717, 1.165) is 6.42 Å². The van der Waals surface area contributed by atoms with Crippen molar-refractivity contribution in [3.63, 3.8) is 0 Å². The van der Waals surface area contributed by atoms with Gasteiger partial charge in [0.1, 0.15) is 0 Å². The molecule has 3 nitrogen and oxygen atoms in total. The fourth-order valence-corrected chi connectivity index (χ4v) is 1.71. The summed E-state index contributed by atoms with van der Waals surface area (Å²) in [6, 6.07) is 0. The quantitative estimate of drug-likeness (QED) is 0.740. The Morgan fingerprint density at radius 3 is 2.36 bits per heavy atom. The first-order valence-corrected chi connectivity index (χ1v) is 5.36. The molecular formula is C11H21NO2. The van der Waals surface area contributed by atoms with Crippen LogP contribution in [0.4, 0.5) is 0 Å². The van der Waals surface area contributed by atoms with Gasteiger partial charge in [0.05, 0.1) is 5.60 Å². The third-order valence-corrected chi connectivity index (χ3v) is 2.70. The van der Waals surface area contributed by atoms with Gasteiger partial charge in [0.15, 0.2) is 0 Å². The Hall–Kier alpha value is -0.570. The molecule has 1 rings (SSSR count). The van der Waals surface area contributed by atoms with E-state index < -0.39 is 5.60 Å². The van der Waals surface area contributed by atoms with Gasteiger partial charge in [-0.25, -0.2) is 0 Å². The van der Waals surface area contributed by atoms with Crippen molar-refractivity contribution in [2.24, 2.45) is 11.8 Å². The Balaban J connectivity index is 2.49. The molecule has 0 heterocycles. The van der Waals surface area contributed by atoms with Crippen molar-refractivity contribution in [3.8, 4) is 0 Å². The van der Waals surface area contributed by atoms with E-state index in [9.17, 15) is 9.90 Å². The van der Waals surface area contributed by atoms with Gasteiger partial charge in [0.2, 0.25) is 5.91 Å². The average Bonchev–Trinajstić information content (AvgIpc) is 2.75. The number of hydrogen-bond donors (Lipinski definition) is 1. The molecule has 82 valence electrons. The molecule has 0 aromatic carbocycles. The van der Waals surface area contributed by atoms with Gasteiger partial charge in [0.25, 0.3) is 0 Å². The monoisotopic (exact) mass is 199 g/mol. The average molecular weight is 199 g/mol. The number of amides is 1. The molecule has 1 amide bonds. The van der Waals surface area contributed by atoms with Gasteiger partial charge in [-0.2, -0.15) is 0 Å². The molecular weight excluding hydrogens is 178 g/mol. The molecule has 0 aliphatic heterocycles. The van der Waals surface area contributed by atoms with Crippen LogP contribution in [0, 0.1) is 11.8 Å². The number of nitrogens with zero attached hydrogens (tertiary/aromatic N) is 1. The zero-order valence-electron chi connectivity index (χ0n) is 9.58. The summed E-state index contributed by atoms with van der Waals surface area (Å²) >= 11 is 0. The number of carbonyl (C=O) groups is 1. The lowest BCUT2D eigenvalue weighted by Crippen LogP contribution is -2.42. The van der Waals surface area contributed by atoms with Gasteiger partial charge >= 0.3 is 0 Å². The van der Waals surface area contributed by atoms with Gasteiger partial charge < -0.3 is 10.0 Å². The molecule has 0 bridgehead atoms. The molecule has 1 N–H and O–H groups in total. The van der Waals surface area contributed by atoms with Crippen LogP contribution in [0.15, 0.2) is 0 Å². The van der Waals surface area contributed by atoms with Crippen LogP contribution in [0.25, 0.3) is 0 Å². The molecule has 3 heteroatoms. The van der Waals surface area contributed by atoms with Crippen LogP contribution >= 0.6 is 0 Å². The van der Waals surface area contributed by atoms with Gasteiger partial charge in [-0.1, -0.05) is 6.92 Å². The molecule has 0 radical (unpaired) electrons. The van der Waals surface area contributed by atoms with Crippen molar-refractivity contribution >= 4 is 5.91 Å². The number of likely N-dealkylation sites (N-methyl/N-ethyl adjacent to an activating group) is 1. The summed E-state index contributed by atoms with van der Waals surface area (Å²) < 4.78 is 0. The first-order chi connectivity index (χ1) is 6.35. The SMILES string of the molecule is CCN(CC(C)(C)O)C(=O)C1CC1C. The molecule has 2 unspecified atom stereocenters. The van der Waals surface area contributed by atoms with Crippen molar-refractivity contribution in [2.45, 2.75) is 39.7 Å². The first-order valence-electron chi connectivity index (χ1n) is 5.36. The van der Waals surface area contributed by atoms with Crippen LogP contribution in [-0.2, 0) is 4.79 Å². The summed E-state index contributed by atoms with van der Waals surface area (Å²) in [5, 5.41) is 9.64. The Morgan fingerprint density at radius 1 is 1.57 bits per heavy atom. The number of aliphatic hydroxyl groups is 1. The second-order valence-electron chi connectivity index (χ2n) is 4.98. The molecule has 0 aromatic rings. The zero-order valence-corrected chi connectivity index (χ0v) is 9.58. The lowest BCUT2D eigenvalue weighted by molar-refractivity contribution is -0.135. The lowest BCUT2D eigenvalue weighted by Gasteiger charge is -2.28. The lowest BCUT2D eigenvalue weighted by atomic mass is 10.1. The van der Waals surface area contributed by atoms with Crippen molar-refractivity contribution < 1.29 is 9.90 Å². The molecule has 2 atom stereocenters. The normalized spacial score (nSPS) is 26.1. The summed E-state index contributed by atoms with van der Waals surface area (Å²) in [7, 11) is 0. The molecule has 1 saturated carbocycles. The second kappa shape index (κ2) is 3.89. The molecule has 0 saturated heterocycles. The molecule has 0 aromatic heterocycles. The van der Waals surface area contributed by atoms with Gasteiger partial charge in [-0.05, 0) is 33.1 Å². The molecule has 14 heavy (non-hydrogen) atoms. The standard InChI is InChI=1S/C11H21NO2/c1-5-12(7-11(3,4)14)10(13)9-6-8(9)2/h8-9,14H,5-7H2,1-4H3. The number of carbonyl (C=O) groups excluding carboxylic acids is 1. The fraction of sp³-hybridized carbons (Fsp3) is 0.909. The highest BCUT2D eigenvalue weighted by molar-refractivity contribution is 5.81. The number of hydrogen-bond acceptors (Lipinski definition) is 2. The van der Waals surface area contributed by atoms with Crippen molar-refractivity contribution in [1.82, 2.24) is 4.90 Å². The minimum atomic E-state index is -0.788. The third kappa shape index (κ3) is 2.98. The summed E-state index contributed by atoms with van der Waals surface area (Å²) in [6.45, 7) is 8.65. The van der Waals surface area contributed by atoms with E-state index in [1.165, 1.54) is 0 Å². The predicted molar refractivity (Wildman–Crippen MR) is 55.8 cm³/mol.